The number of aromatic amines is 2. The molecule has 0 aromatic carbocycles. The monoisotopic (exact) mass is 447 g/mol. The number of nitrogens with one attached hydrogen (secondary N) is 2. The molecule has 168 valence electrons. The van der Waals surface area contributed by atoms with Crippen molar-refractivity contribution in [3.05, 3.63) is 91.1 Å². The van der Waals surface area contributed by atoms with Crippen molar-refractivity contribution in [2.75, 3.05) is 14.1 Å². The van der Waals surface area contributed by atoms with Crippen LogP contribution in [0.25, 0.3) is 50.3 Å². The molecule has 7 heteroatoms. The molecule has 5 aromatic heterocycles. The zero-order valence-corrected chi connectivity index (χ0v) is 19.4. The summed E-state index contributed by atoms with van der Waals surface area (Å²) in [5.41, 5.74) is 8.20. The van der Waals surface area contributed by atoms with Gasteiger partial charge in [-0.1, -0.05) is 18.7 Å². The van der Waals surface area contributed by atoms with Crippen LogP contribution in [0.4, 0.5) is 0 Å². The summed E-state index contributed by atoms with van der Waals surface area (Å²) < 4.78 is 0. The standard InChI is InChI=1S/C27H25N7/c1-5-17(13-19(6-2)34(3)4)18-14-21-26(32-33-27(21)30-16-18)24-15-20-22(31-24)10-12-29-25(20)23-9-7-8-11-28-23/h5-16,31H,2H2,1,3-4H3,(H,30,32,33)/b17-5+,19-13+. The Kier molecular flexibility index (Phi) is 5.51. The van der Waals surface area contributed by atoms with E-state index >= 15 is 0 Å². The van der Waals surface area contributed by atoms with E-state index in [1.54, 1.807) is 12.4 Å². The Hall–Kier alpha value is -4.52. The Labute approximate surface area is 197 Å². The van der Waals surface area contributed by atoms with Crippen LogP contribution >= 0.6 is 0 Å². The van der Waals surface area contributed by atoms with E-state index in [1.165, 1.54) is 0 Å². The molecule has 0 atom stereocenters. The molecular weight excluding hydrogens is 422 g/mol. The molecule has 5 heterocycles. The van der Waals surface area contributed by atoms with Crippen LogP contribution in [0.5, 0.6) is 0 Å². The van der Waals surface area contributed by atoms with Crippen molar-refractivity contribution in [3.8, 4) is 22.8 Å². The van der Waals surface area contributed by atoms with E-state index in [4.69, 9.17) is 0 Å². The predicted molar refractivity (Wildman–Crippen MR) is 138 cm³/mol. The van der Waals surface area contributed by atoms with Gasteiger partial charge in [-0.25, -0.2) is 4.98 Å². The highest BCUT2D eigenvalue weighted by Crippen LogP contribution is 2.33. The number of aromatic nitrogens is 6. The van der Waals surface area contributed by atoms with E-state index in [1.807, 2.05) is 62.5 Å². The number of hydrogen-bond acceptors (Lipinski definition) is 5. The summed E-state index contributed by atoms with van der Waals surface area (Å²) in [4.78, 5) is 19.2. The molecule has 0 radical (unpaired) electrons. The first-order chi connectivity index (χ1) is 16.6. The van der Waals surface area contributed by atoms with Gasteiger partial charge in [0.15, 0.2) is 5.65 Å². The number of fused-ring (bicyclic) bond motifs is 2. The maximum atomic E-state index is 4.61. The van der Waals surface area contributed by atoms with Crippen molar-refractivity contribution in [3.63, 3.8) is 0 Å². The average molecular weight is 448 g/mol. The van der Waals surface area contributed by atoms with Gasteiger partial charge in [0.05, 0.1) is 22.8 Å². The van der Waals surface area contributed by atoms with Gasteiger partial charge in [0.1, 0.15) is 0 Å². The van der Waals surface area contributed by atoms with Crippen LogP contribution in [-0.4, -0.2) is 49.1 Å². The average Bonchev–Trinajstić information content (AvgIpc) is 3.48. The second kappa shape index (κ2) is 8.78. The Bertz CT molecular complexity index is 1550. The van der Waals surface area contributed by atoms with Gasteiger partial charge in [-0.2, -0.15) is 5.10 Å². The first-order valence-electron chi connectivity index (χ1n) is 11.0. The van der Waals surface area contributed by atoms with Crippen LogP contribution in [0.2, 0.25) is 0 Å². The largest absolute Gasteiger partial charge is 0.378 e. The van der Waals surface area contributed by atoms with Gasteiger partial charge >= 0.3 is 0 Å². The van der Waals surface area contributed by atoms with Crippen LogP contribution in [0.3, 0.4) is 0 Å². The van der Waals surface area contributed by atoms with Crippen molar-refractivity contribution >= 4 is 27.5 Å². The molecule has 0 unspecified atom stereocenters. The normalized spacial score (nSPS) is 12.4. The van der Waals surface area contributed by atoms with Gasteiger partial charge in [-0.05, 0) is 55.0 Å². The molecule has 0 bridgehead atoms. The fraction of sp³-hybridized carbons (Fsp3) is 0.111. The first-order valence-corrected chi connectivity index (χ1v) is 11.0. The number of rotatable bonds is 6. The lowest BCUT2D eigenvalue weighted by atomic mass is 10.0. The van der Waals surface area contributed by atoms with Crippen LogP contribution < -0.4 is 0 Å². The third-order valence-corrected chi connectivity index (χ3v) is 5.81. The van der Waals surface area contributed by atoms with Gasteiger partial charge in [-0.15, -0.1) is 0 Å². The van der Waals surface area contributed by atoms with E-state index in [9.17, 15) is 0 Å². The molecule has 0 aliphatic heterocycles. The number of nitrogens with zero attached hydrogens (tertiary/aromatic N) is 5. The van der Waals surface area contributed by atoms with Gasteiger partial charge in [0.2, 0.25) is 0 Å². The van der Waals surface area contributed by atoms with Crippen molar-refractivity contribution < 1.29 is 0 Å². The quantitative estimate of drug-likeness (QED) is 0.331. The van der Waals surface area contributed by atoms with Gasteiger partial charge in [-0.3, -0.25) is 15.1 Å². The molecular formula is C27H25N7. The second-order valence-electron chi connectivity index (χ2n) is 8.12. The van der Waals surface area contributed by atoms with E-state index < -0.39 is 0 Å². The lowest BCUT2D eigenvalue weighted by Gasteiger charge is -2.14. The van der Waals surface area contributed by atoms with Crippen molar-refractivity contribution in [1.82, 2.24) is 35.0 Å². The predicted octanol–water partition coefficient (Wildman–Crippen LogP) is 5.60. The Morgan fingerprint density at radius 1 is 1.03 bits per heavy atom. The molecule has 5 aromatic rings. The molecule has 5 rings (SSSR count). The molecule has 2 N–H and O–H groups in total. The van der Waals surface area contributed by atoms with Crippen molar-refractivity contribution in [2.45, 2.75) is 6.92 Å². The summed E-state index contributed by atoms with van der Waals surface area (Å²) in [7, 11) is 4.00. The molecule has 34 heavy (non-hydrogen) atoms. The zero-order chi connectivity index (χ0) is 23.7. The highest BCUT2D eigenvalue weighted by atomic mass is 15.2. The zero-order valence-electron chi connectivity index (χ0n) is 19.4. The van der Waals surface area contributed by atoms with Gasteiger partial charge in [0, 0.05) is 60.2 Å². The first kappa shape index (κ1) is 21.3. The molecule has 0 saturated carbocycles. The fourth-order valence-corrected chi connectivity index (χ4v) is 4.02. The topological polar surface area (TPSA) is 86.4 Å². The smallest absolute Gasteiger partial charge is 0.181 e. The highest BCUT2D eigenvalue weighted by Gasteiger charge is 2.15. The summed E-state index contributed by atoms with van der Waals surface area (Å²) in [5.74, 6) is 0. The minimum atomic E-state index is 0.663. The third kappa shape index (κ3) is 3.77. The number of H-pyrrole nitrogens is 2. The van der Waals surface area contributed by atoms with E-state index in [-0.39, 0.29) is 0 Å². The maximum Gasteiger partial charge on any atom is 0.181 e. The number of pyridine rings is 3. The Balaban J connectivity index is 1.62. The highest BCUT2D eigenvalue weighted by molar-refractivity contribution is 5.99. The maximum absolute atomic E-state index is 4.61. The fourth-order valence-electron chi connectivity index (χ4n) is 4.02. The number of allylic oxidation sites excluding steroid dienone is 4. The number of hydrogen-bond donors (Lipinski definition) is 2. The Morgan fingerprint density at radius 3 is 2.65 bits per heavy atom. The van der Waals surface area contributed by atoms with Crippen molar-refractivity contribution in [1.29, 1.82) is 0 Å². The van der Waals surface area contributed by atoms with E-state index in [0.717, 1.165) is 55.9 Å². The summed E-state index contributed by atoms with van der Waals surface area (Å²) in [6, 6.07) is 12.0. The van der Waals surface area contributed by atoms with Crippen LogP contribution in [0, 0.1) is 0 Å². The lowest BCUT2D eigenvalue weighted by Crippen LogP contribution is -2.09. The van der Waals surface area contributed by atoms with Gasteiger partial charge in [0.25, 0.3) is 0 Å². The summed E-state index contributed by atoms with van der Waals surface area (Å²) in [6.07, 6.45) is 11.4. The van der Waals surface area contributed by atoms with Crippen molar-refractivity contribution in [2.24, 2.45) is 0 Å². The van der Waals surface area contributed by atoms with Crippen LogP contribution in [0.1, 0.15) is 12.5 Å². The lowest BCUT2D eigenvalue weighted by molar-refractivity contribution is 0.530. The number of likely N-dealkylation sites (N-methyl/N-ethyl adjacent to an activating group) is 1. The summed E-state index contributed by atoms with van der Waals surface area (Å²) in [6.45, 7) is 5.95. The molecule has 0 amide bonds. The van der Waals surface area contributed by atoms with E-state index in [0.29, 0.717) is 5.65 Å². The molecule has 0 fully saturated rings. The molecule has 0 aliphatic carbocycles. The third-order valence-electron chi connectivity index (χ3n) is 5.81. The molecule has 0 saturated heterocycles. The molecule has 0 spiro atoms. The van der Waals surface area contributed by atoms with Gasteiger partial charge < -0.3 is 9.88 Å². The minimum Gasteiger partial charge on any atom is -0.378 e. The second-order valence-corrected chi connectivity index (χ2v) is 8.12. The molecule has 0 aliphatic rings. The van der Waals surface area contributed by atoms with E-state index in [2.05, 4.69) is 61.0 Å². The Morgan fingerprint density at radius 2 is 1.91 bits per heavy atom. The summed E-state index contributed by atoms with van der Waals surface area (Å²) in [5, 5.41) is 9.54. The van der Waals surface area contributed by atoms with Crippen LogP contribution in [-0.2, 0) is 0 Å². The summed E-state index contributed by atoms with van der Waals surface area (Å²) >= 11 is 0. The van der Waals surface area contributed by atoms with Crippen LogP contribution in [0.15, 0.2) is 85.5 Å². The molecule has 7 nitrogen and oxygen atoms in total. The SMILES string of the molecule is C=C/C(=C\C(=C/C)c1cnc2n[nH]c(-c3cc4c(-c5ccccn5)nccc4[nH]3)c2c1)N(C)C. The minimum absolute atomic E-state index is 0.663.